The van der Waals surface area contributed by atoms with Crippen molar-refractivity contribution in [2.45, 2.75) is 0 Å². The molecule has 1 aromatic heterocycles. The highest BCUT2D eigenvalue weighted by molar-refractivity contribution is 5.91. The molecular formula is C9H8N2O3. The normalized spacial score (nSPS) is 13.0. The van der Waals surface area contributed by atoms with E-state index in [2.05, 4.69) is 4.98 Å². The smallest absolute Gasteiger partial charge is 0.173 e. The Bertz CT molecular complexity index is 471. The molecule has 0 saturated carbocycles. The first-order chi connectivity index (χ1) is 6.70. The summed E-state index contributed by atoms with van der Waals surface area (Å²) >= 11 is 0. The van der Waals surface area contributed by atoms with Gasteiger partial charge in [-0.05, 0) is 18.2 Å². The molecule has 0 spiro atoms. The van der Waals surface area contributed by atoms with Crippen LogP contribution in [0.2, 0.25) is 0 Å². The van der Waals surface area contributed by atoms with Crippen LogP contribution >= 0.6 is 0 Å². The summed E-state index contributed by atoms with van der Waals surface area (Å²) < 4.78 is 0. The maximum absolute atomic E-state index is 10.8. The van der Waals surface area contributed by atoms with Gasteiger partial charge in [0.25, 0.3) is 0 Å². The predicted octanol–water partition coefficient (Wildman–Crippen LogP) is 0.344. The van der Waals surface area contributed by atoms with Crippen molar-refractivity contribution >= 4 is 16.6 Å². The summed E-state index contributed by atoms with van der Waals surface area (Å²) in [7, 11) is 0. The number of nitrogens with zero attached hydrogens (tertiary/aromatic N) is 1. The van der Waals surface area contributed by atoms with Crippen LogP contribution in [0.4, 0.5) is 5.69 Å². The molecule has 5 nitrogen and oxygen atoms in total. The van der Waals surface area contributed by atoms with Crippen LogP contribution in [0.3, 0.4) is 0 Å². The second kappa shape index (κ2) is 3.22. The van der Waals surface area contributed by atoms with Crippen molar-refractivity contribution in [1.29, 1.82) is 0 Å². The summed E-state index contributed by atoms with van der Waals surface area (Å²) in [6.45, 7) is 0. The van der Waals surface area contributed by atoms with E-state index in [0.29, 0.717) is 10.9 Å². The van der Waals surface area contributed by atoms with Crippen molar-refractivity contribution in [3.8, 4) is 5.75 Å². The van der Waals surface area contributed by atoms with E-state index in [1.165, 1.54) is 18.3 Å². The van der Waals surface area contributed by atoms with E-state index in [9.17, 15) is 10.3 Å². The molecule has 1 heterocycles. The Hall–Kier alpha value is -1.69. The lowest BCUT2D eigenvalue weighted by atomic mass is 10.1. The molecule has 3 N–H and O–H groups in total. The number of hydrogen-bond acceptors (Lipinski definition) is 4. The predicted molar refractivity (Wildman–Crippen MR) is 49.2 cm³/mol. The molecule has 0 aliphatic heterocycles. The number of phenolic OH excluding ortho intramolecular Hbond substituents is 1. The second-order valence-electron chi connectivity index (χ2n) is 2.84. The third-order valence-corrected chi connectivity index (χ3v) is 1.98. The van der Waals surface area contributed by atoms with Gasteiger partial charge in [-0.2, -0.15) is 5.23 Å². The Labute approximate surface area is 79.4 Å². The molecule has 0 saturated heterocycles. The largest absolute Gasteiger partial charge is 0.595 e. The number of quaternary nitrogens is 1. The number of rotatable bonds is 1. The standard InChI is InChI=1S/C9H8N2O3/c12-8-4-3-7(11(13)14)6-2-1-5-10-9(6)8/h1-5,11-13H. The van der Waals surface area contributed by atoms with Gasteiger partial charge in [0.05, 0.1) is 5.39 Å². The number of pyridine rings is 1. The number of benzene rings is 1. The zero-order valence-corrected chi connectivity index (χ0v) is 7.14. The van der Waals surface area contributed by atoms with Gasteiger partial charge in [0.15, 0.2) is 5.69 Å². The van der Waals surface area contributed by atoms with Gasteiger partial charge >= 0.3 is 0 Å². The molecular weight excluding hydrogens is 184 g/mol. The van der Waals surface area contributed by atoms with E-state index in [1.807, 2.05) is 0 Å². The summed E-state index contributed by atoms with van der Waals surface area (Å²) in [4.78, 5) is 3.91. The second-order valence-corrected chi connectivity index (χ2v) is 2.84. The van der Waals surface area contributed by atoms with Crippen molar-refractivity contribution < 1.29 is 15.5 Å². The summed E-state index contributed by atoms with van der Waals surface area (Å²) in [6.07, 6.45) is 1.51. The Morgan fingerprint density at radius 2 is 2.07 bits per heavy atom. The topological polar surface area (TPSA) is 80.9 Å². The van der Waals surface area contributed by atoms with E-state index in [1.54, 1.807) is 12.1 Å². The molecule has 1 unspecified atom stereocenters. The summed E-state index contributed by atoms with van der Waals surface area (Å²) in [5.41, 5.74) is 0.457. The Morgan fingerprint density at radius 1 is 1.29 bits per heavy atom. The van der Waals surface area contributed by atoms with Crippen molar-refractivity contribution in [1.82, 2.24) is 4.98 Å². The lowest BCUT2D eigenvalue weighted by molar-refractivity contribution is -0.990. The SMILES string of the molecule is [O-][NH+](O)c1ccc(O)c2ncccc12. The highest BCUT2D eigenvalue weighted by Gasteiger charge is 2.10. The molecule has 0 aliphatic rings. The third kappa shape index (κ3) is 1.29. The van der Waals surface area contributed by atoms with E-state index >= 15 is 0 Å². The molecule has 0 bridgehead atoms. The molecule has 2 aromatic rings. The van der Waals surface area contributed by atoms with Gasteiger partial charge in [-0.25, -0.2) is 5.21 Å². The van der Waals surface area contributed by atoms with Gasteiger partial charge in [-0.3, -0.25) is 4.98 Å². The minimum absolute atomic E-state index is 0.00870. The van der Waals surface area contributed by atoms with Crippen molar-refractivity contribution in [2.75, 3.05) is 0 Å². The first-order valence-electron chi connectivity index (χ1n) is 4.00. The van der Waals surface area contributed by atoms with E-state index in [0.717, 1.165) is 0 Å². The average molecular weight is 192 g/mol. The van der Waals surface area contributed by atoms with Crippen LogP contribution in [0.5, 0.6) is 5.75 Å². The van der Waals surface area contributed by atoms with Gasteiger partial charge in [0.2, 0.25) is 0 Å². The number of aromatic hydroxyl groups is 1. The Balaban J connectivity index is 2.82. The van der Waals surface area contributed by atoms with Gasteiger partial charge < -0.3 is 10.3 Å². The van der Waals surface area contributed by atoms with Gasteiger partial charge in [0.1, 0.15) is 11.3 Å². The molecule has 0 amide bonds. The molecule has 0 radical (unpaired) electrons. The third-order valence-electron chi connectivity index (χ3n) is 1.98. The van der Waals surface area contributed by atoms with Crippen LogP contribution in [0.1, 0.15) is 0 Å². The van der Waals surface area contributed by atoms with Crippen LogP contribution in [0, 0.1) is 5.21 Å². The van der Waals surface area contributed by atoms with E-state index < -0.39 is 5.23 Å². The quantitative estimate of drug-likeness (QED) is 0.449. The van der Waals surface area contributed by atoms with Gasteiger partial charge in [0, 0.05) is 12.3 Å². The number of hydrogen-bond donors (Lipinski definition) is 3. The van der Waals surface area contributed by atoms with Crippen molar-refractivity contribution in [3.63, 3.8) is 0 Å². The maximum atomic E-state index is 10.8. The minimum atomic E-state index is -1.02. The molecule has 0 fully saturated rings. The fourth-order valence-corrected chi connectivity index (χ4v) is 1.34. The first-order valence-corrected chi connectivity index (χ1v) is 4.00. The lowest BCUT2D eigenvalue weighted by Crippen LogP contribution is -2.99. The zero-order valence-electron chi connectivity index (χ0n) is 7.14. The number of fused-ring (bicyclic) bond motifs is 1. The Kier molecular flexibility index (Phi) is 2.05. The molecule has 0 aliphatic carbocycles. The highest BCUT2D eigenvalue weighted by Crippen LogP contribution is 2.26. The van der Waals surface area contributed by atoms with Crippen LogP contribution in [-0.2, 0) is 0 Å². The summed E-state index contributed by atoms with van der Waals surface area (Å²) in [6, 6.07) is 5.94. The molecule has 14 heavy (non-hydrogen) atoms. The van der Waals surface area contributed by atoms with Gasteiger partial charge in [-0.15, -0.1) is 0 Å². The van der Waals surface area contributed by atoms with Crippen LogP contribution in [0.15, 0.2) is 30.5 Å². The fourth-order valence-electron chi connectivity index (χ4n) is 1.34. The number of aromatic nitrogens is 1. The summed E-state index contributed by atoms with van der Waals surface area (Å²) in [5.74, 6) is -0.00870. The molecule has 72 valence electrons. The Morgan fingerprint density at radius 3 is 2.79 bits per heavy atom. The molecule has 2 rings (SSSR count). The fraction of sp³-hybridized carbons (Fsp3) is 0. The first kappa shape index (κ1) is 8.89. The van der Waals surface area contributed by atoms with E-state index in [4.69, 9.17) is 5.21 Å². The monoisotopic (exact) mass is 192 g/mol. The van der Waals surface area contributed by atoms with Crippen LogP contribution in [0.25, 0.3) is 10.9 Å². The maximum Gasteiger partial charge on any atom is 0.173 e. The van der Waals surface area contributed by atoms with Gasteiger partial charge in [-0.1, -0.05) is 0 Å². The highest BCUT2D eigenvalue weighted by atomic mass is 16.8. The van der Waals surface area contributed by atoms with Crippen molar-refractivity contribution in [2.24, 2.45) is 0 Å². The number of nitrogens with one attached hydrogen (secondary N) is 1. The molecule has 1 atom stereocenters. The van der Waals surface area contributed by atoms with Crippen LogP contribution < -0.4 is 5.23 Å². The number of phenols is 1. The van der Waals surface area contributed by atoms with E-state index in [-0.39, 0.29) is 11.4 Å². The lowest BCUT2D eigenvalue weighted by Gasteiger charge is -2.13. The average Bonchev–Trinajstić information content (AvgIpc) is 2.18. The summed E-state index contributed by atoms with van der Waals surface area (Å²) in [5, 5.41) is 28.5. The molecule has 5 heteroatoms. The zero-order chi connectivity index (χ0) is 10.1. The van der Waals surface area contributed by atoms with Crippen molar-refractivity contribution in [3.05, 3.63) is 35.7 Å². The van der Waals surface area contributed by atoms with Crippen LogP contribution in [-0.4, -0.2) is 15.3 Å². The molecule has 1 aromatic carbocycles. The minimum Gasteiger partial charge on any atom is -0.595 e.